The van der Waals surface area contributed by atoms with Crippen LogP contribution < -0.4 is 9.80 Å². The van der Waals surface area contributed by atoms with Gasteiger partial charge in [0.15, 0.2) is 0 Å². The van der Waals surface area contributed by atoms with Crippen LogP contribution >= 0.6 is 0 Å². The lowest BCUT2D eigenvalue weighted by Crippen LogP contribution is -2.49. The third-order valence-electron chi connectivity index (χ3n) is 5.67. The van der Waals surface area contributed by atoms with Gasteiger partial charge in [-0.3, -0.25) is 9.08 Å². The smallest absolute Gasteiger partial charge is 0.414 e. The van der Waals surface area contributed by atoms with Gasteiger partial charge < -0.3 is 19.3 Å². The molecule has 2 heterocycles. The summed E-state index contributed by atoms with van der Waals surface area (Å²) in [6.07, 6.45) is -0.994. The number of amides is 2. The first-order chi connectivity index (χ1) is 16.7. The topological polar surface area (TPSA) is 106 Å². The fourth-order valence-electron chi connectivity index (χ4n) is 3.88. The highest BCUT2D eigenvalue weighted by Gasteiger charge is 2.34. The molecule has 0 aromatic heterocycles. The molecule has 2 amide bonds. The molecule has 0 aliphatic carbocycles. The lowest BCUT2D eigenvalue weighted by molar-refractivity contribution is 0.0941. The fraction of sp³-hybridized carbons (Fsp3) is 0.391. The van der Waals surface area contributed by atoms with Crippen molar-refractivity contribution in [1.29, 1.82) is 0 Å². The Labute approximate surface area is 202 Å². The predicted molar refractivity (Wildman–Crippen MR) is 125 cm³/mol. The van der Waals surface area contributed by atoms with Gasteiger partial charge in [-0.1, -0.05) is 30.3 Å². The molecular weight excluding hydrogens is 481 g/mol. The first-order valence-electron chi connectivity index (χ1n) is 11.0. The number of rotatable bonds is 7. The Morgan fingerprint density at radius 2 is 1.83 bits per heavy atom. The molecule has 10 nitrogen and oxygen atoms in total. The minimum atomic E-state index is -3.67. The van der Waals surface area contributed by atoms with Crippen molar-refractivity contribution in [1.82, 2.24) is 4.90 Å². The molecule has 0 spiro atoms. The van der Waals surface area contributed by atoms with E-state index in [2.05, 4.69) is 4.18 Å². The summed E-state index contributed by atoms with van der Waals surface area (Å²) >= 11 is 0. The van der Waals surface area contributed by atoms with Crippen LogP contribution in [-0.2, 0) is 30.4 Å². The van der Waals surface area contributed by atoms with Gasteiger partial charge in [-0.15, -0.1) is 0 Å². The summed E-state index contributed by atoms with van der Waals surface area (Å²) in [5.41, 5.74) is 1.55. The van der Waals surface area contributed by atoms with Crippen LogP contribution in [0.1, 0.15) is 5.56 Å². The zero-order chi connectivity index (χ0) is 25.0. The average Bonchev–Trinajstić information content (AvgIpc) is 3.22. The lowest BCUT2D eigenvalue weighted by atomic mass is 10.2. The van der Waals surface area contributed by atoms with E-state index in [1.807, 2.05) is 35.2 Å². The van der Waals surface area contributed by atoms with Crippen molar-refractivity contribution < 1.29 is 36.1 Å². The molecule has 0 radical (unpaired) electrons. The average molecular weight is 508 g/mol. The Hall–Kier alpha value is -3.38. The van der Waals surface area contributed by atoms with Crippen molar-refractivity contribution in [2.75, 3.05) is 55.4 Å². The second-order valence-electron chi connectivity index (χ2n) is 8.26. The standard InChI is InChI=1S/C23H26FN3O7S/c1-35(30,31)33-16-19-14-27(23(29)34-19)18-7-8-21(20(24)13-18)25-9-11-26(12-10-25)22(28)32-15-17-5-3-2-4-6-17/h2-8,13,19H,9-12,14-16H2,1H3/t19-/m1/s1. The SMILES string of the molecule is CS(=O)(=O)OC[C@H]1CN(c2ccc(N3CCN(C(=O)OCc4ccccc4)CC3)c(F)c2)C(=O)O1. The number of carbonyl (C=O) groups excluding carboxylic acids is 2. The molecule has 0 N–H and O–H groups in total. The molecule has 2 aliphatic heterocycles. The normalized spacial score (nSPS) is 18.5. The van der Waals surface area contributed by atoms with Crippen LogP contribution in [0.3, 0.4) is 0 Å². The van der Waals surface area contributed by atoms with Crippen LogP contribution in [0, 0.1) is 5.82 Å². The van der Waals surface area contributed by atoms with Gasteiger partial charge in [0, 0.05) is 26.2 Å². The molecule has 0 bridgehead atoms. The molecule has 0 saturated carbocycles. The summed E-state index contributed by atoms with van der Waals surface area (Å²) in [6.45, 7) is 1.54. The first-order valence-corrected chi connectivity index (χ1v) is 12.8. The van der Waals surface area contributed by atoms with Crippen molar-refractivity contribution in [3.05, 3.63) is 59.9 Å². The summed E-state index contributed by atoms with van der Waals surface area (Å²) in [6, 6.07) is 13.8. The Morgan fingerprint density at radius 3 is 2.49 bits per heavy atom. The van der Waals surface area contributed by atoms with Gasteiger partial charge in [-0.05, 0) is 23.8 Å². The number of benzene rings is 2. The highest BCUT2D eigenvalue weighted by atomic mass is 32.2. The minimum absolute atomic E-state index is 0.0386. The Bertz CT molecular complexity index is 1170. The van der Waals surface area contributed by atoms with E-state index in [1.54, 1.807) is 17.0 Å². The van der Waals surface area contributed by atoms with Crippen molar-refractivity contribution in [3.63, 3.8) is 0 Å². The maximum atomic E-state index is 15.0. The van der Waals surface area contributed by atoms with Gasteiger partial charge in [-0.2, -0.15) is 8.42 Å². The second-order valence-corrected chi connectivity index (χ2v) is 9.90. The number of nitrogens with zero attached hydrogens (tertiary/aromatic N) is 3. The van der Waals surface area contributed by atoms with Crippen LogP contribution in [0.2, 0.25) is 0 Å². The number of cyclic esters (lactones) is 1. The highest BCUT2D eigenvalue weighted by Crippen LogP contribution is 2.29. The van der Waals surface area contributed by atoms with Crippen LogP contribution in [0.4, 0.5) is 25.4 Å². The van der Waals surface area contributed by atoms with Gasteiger partial charge >= 0.3 is 12.2 Å². The van der Waals surface area contributed by atoms with E-state index in [1.165, 1.54) is 11.0 Å². The van der Waals surface area contributed by atoms with Gasteiger partial charge in [0.05, 0.1) is 24.2 Å². The van der Waals surface area contributed by atoms with E-state index in [-0.39, 0.29) is 19.8 Å². The van der Waals surface area contributed by atoms with Crippen molar-refractivity contribution in [2.45, 2.75) is 12.7 Å². The van der Waals surface area contributed by atoms with E-state index in [0.29, 0.717) is 37.6 Å². The molecule has 2 aromatic carbocycles. The van der Waals surface area contributed by atoms with Crippen LogP contribution in [0.15, 0.2) is 48.5 Å². The number of anilines is 2. The van der Waals surface area contributed by atoms with Gasteiger partial charge in [0.25, 0.3) is 10.1 Å². The van der Waals surface area contributed by atoms with E-state index >= 15 is 0 Å². The lowest BCUT2D eigenvalue weighted by Gasteiger charge is -2.35. The van der Waals surface area contributed by atoms with E-state index < -0.39 is 34.2 Å². The maximum absolute atomic E-state index is 15.0. The third kappa shape index (κ3) is 6.40. The largest absolute Gasteiger partial charge is 0.445 e. The molecule has 0 unspecified atom stereocenters. The zero-order valence-electron chi connectivity index (χ0n) is 19.1. The number of hydrogen-bond acceptors (Lipinski definition) is 8. The van der Waals surface area contributed by atoms with Crippen molar-refractivity contribution in [2.24, 2.45) is 0 Å². The molecular formula is C23H26FN3O7S. The number of piperazine rings is 1. The summed E-state index contributed by atoms with van der Waals surface area (Å²) in [5.74, 6) is -0.522. The summed E-state index contributed by atoms with van der Waals surface area (Å²) < 4.78 is 52.4. The quantitative estimate of drug-likeness (QED) is 0.527. The van der Waals surface area contributed by atoms with Crippen LogP contribution in [0.25, 0.3) is 0 Å². The van der Waals surface area contributed by atoms with Crippen LogP contribution in [0.5, 0.6) is 0 Å². The van der Waals surface area contributed by atoms with E-state index in [0.717, 1.165) is 11.8 Å². The monoisotopic (exact) mass is 507 g/mol. The van der Waals surface area contributed by atoms with Crippen molar-refractivity contribution >= 4 is 33.7 Å². The molecule has 4 rings (SSSR count). The first kappa shape index (κ1) is 24.7. The van der Waals surface area contributed by atoms with Gasteiger partial charge in [-0.25, -0.2) is 14.0 Å². The molecule has 2 aromatic rings. The summed E-state index contributed by atoms with van der Waals surface area (Å²) in [5, 5.41) is 0. The van der Waals surface area contributed by atoms with Gasteiger partial charge in [0.2, 0.25) is 0 Å². The fourth-order valence-corrected chi connectivity index (χ4v) is 4.28. The molecule has 35 heavy (non-hydrogen) atoms. The zero-order valence-corrected chi connectivity index (χ0v) is 19.9. The summed E-state index contributed by atoms with van der Waals surface area (Å²) in [4.78, 5) is 29.2. The Morgan fingerprint density at radius 1 is 1.11 bits per heavy atom. The molecule has 12 heteroatoms. The highest BCUT2D eigenvalue weighted by molar-refractivity contribution is 7.85. The second kappa shape index (κ2) is 10.5. The van der Waals surface area contributed by atoms with Gasteiger partial charge in [0.1, 0.15) is 25.1 Å². The molecule has 188 valence electrons. The van der Waals surface area contributed by atoms with E-state index in [9.17, 15) is 22.4 Å². The number of carbonyl (C=O) groups is 2. The van der Waals surface area contributed by atoms with Crippen molar-refractivity contribution in [3.8, 4) is 0 Å². The predicted octanol–water partition coefficient (Wildman–Crippen LogP) is 2.59. The van der Waals surface area contributed by atoms with E-state index in [4.69, 9.17) is 9.47 Å². The summed E-state index contributed by atoms with van der Waals surface area (Å²) in [7, 11) is -3.67. The number of ether oxygens (including phenoxy) is 2. The molecule has 2 fully saturated rings. The third-order valence-corrected chi connectivity index (χ3v) is 6.23. The van der Waals surface area contributed by atoms with Crippen LogP contribution in [-0.4, -0.2) is 77.2 Å². The molecule has 1 atom stereocenters. The number of hydrogen-bond donors (Lipinski definition) is 0. The molecule has 2 saturated heterocycles. The maximum Gasteiger partial charge on any atom is 0.414 e. The minimum Gasteiger partial charge on any atom is -0.445 e. The Balaban J connectivity index is 1.30. The Kier molecular flexibility index (Phi) is 7.41. The molecule has 2 aliphatic rings. The number of halogens is 1.